The van der Waals surface area contributed by atoms with Crippen LogP contribution in [0.1, 0.15) is 21.5 Å². The van der Waals surface area contributed by atoms with E-state index in [1.54, 1.807) is 23.6 Å². The number of nitrogen functional groups attached to an aromatic ring is 1. The summed E-state index contributed by atoms with van der Waals surface area (Å²) in [6.07, 6.45) is 0. The molecule has 1 aromatic carbocycles. The predicted molar refractivity (Wildman–Crippen MR) is 72.6 cm³/mol. The molecule has 0 aliphatic carbocycles. The van der Waals surface area contributed by atoms with Crippen LogP contribution in [0.5, 0.6) is 0 Å². The van der Waals surface area contributed by atoms with Crippen LogP contribution in [0.2, 0.25) is 0 Å². The number of carbonyl (C=O) groups excluding carboxylic acids is 1. The third kappa shape index (κ3) is 2.19. The molecule has 90 valence electrons. The second-order valence-electron chi connectivity index (χ2n) is 3.77. The standard InChI is InChI=1S/C13H11N3OS/c1-8-3-2-4-10(15)11(8)12(17)16-13-9(7-14)5-6-18-13/h2-6H,15H2,1H3,(H,16,17). The Labute approximate surface area is 109 Å². The van der Waals surface area contributed by atoms with E-state index in [1.165, 1.54) is 11.3 Å². The lowest BCUT2D eigenvalue weighted by molar-refractivity contribution is 0.102. The first kappa shape index (κ1) is 12.1. The summed E-state index contributed by atoms with van der Waals surface area (Å²) in [6, 6.07) is 9.00. The minimum atomic E-state index is -0.287. The molecule has 0 spiro atoms. The first-order chi connectivity index (χ1) is 8.63. The van der Waals surface area contributed by atoms with Gasteiger partial charge in [-0.25, -0.2) is 0 Å². The lowest BCUT2D eigenvalue weighted by Gasteiger charge is -2.09. The van der Waals surface area contributed by atoms with Crippen molar-refractivity contribution < 1.29 is 4.79 Å². The number of rotatable bonds is 2. The fourth-order valence-corrected chi connectivity index (χ4v) is 2.39. The molecule has 5 heteroatoms. The van der Waals surface area contributed by atoms with E-state index >= 15 is 0 Å². The lowest BCUT2D eigenvalue weighted by Crippen LogP contribution is -2.15. The number of amides is 1. The molecule has 0 saturated heterocycles. The van der Waals surface area contributed by atoms with E-state index in [0.717, 1.165) is 5.56 Å². The van der Waals surface area contributed by atoms with E-state index in [9.17, 15) is 4.79 Å². The van der Waals surface area contributed by atoms with Crippen molar-refractivity contribution in [3.05, 3.63) is 46.3 Å². The summed E-state index contributed by atoms with van der Waals surface area (Å²) in [4.78, 5) is 12.1. The maximum atomic E-state index is 12.1. The van der Waals surface area contributed by atoms with Gasteiger partial charge in [-0.15, -0.1) is 11.3 Å². The van der Waals surface area contributed by atoms with Gasteiger partial charge >= 0.3 is 0 Å². The molecule has 1 heterocycles. The van der Waals surface area contributed by atoms with Crippen molar-refractivity contribution >= 4 is 27.9 Å². The molecule has 0 aliphatic rings. The van der Waals surface area contributed by atoms with Gasteiger partial charge in [-0.1, -0.05) is 12.1 Å². The van der Waals surface area contributed by atoms with Crippen LogP contribution in [0.15, 0.2) is 29.6 Å². The van der Waals surface area contributed by atoms with E-state index in [1.807, 2.05) is 19.1 Å². The van der Waals surface area contributed by atoms with Gasteiger partial charge in [-0.3, -0.25) is 4.79 Å². The number of aryl methyl sites for hydroxylation is 1. The summed E-state index contributed by atoms with van der Waals surface area (Å²) >= 11 is 1.31. The molecule has 0 atom stereocenters. The Morgan fingerprint density at radius 1 is 1.44 bits per heavy atom. The Bertz CT molecular complexity index is 620. The highest BCUT2D eigenvalue weighted by atomic mass is 32.1. The number of carbonyl (C=O) groups is 1. The minimum absolute atomic E-state index is 0.287. The third-order valence-corrected chi connectivity index (χ3v) is 3.37. The Balaban J connectivity index is 2.31. The van der Waals surface area contributed by atoms with Crippen molar-refractivity contribution in [3.8, 4) is 6.07 Å². The molecule has 4 nitrogen and oxygen atoms in total. The smallest absolute Gasteiger partial charge is 0.258 e. The molecule has 0 bridgehead atoms. The van der Waals surface area contributed by atoms with E-state index in [4.69, 9.17) is 11.0 Å². The highest BCUT2D eigenvalue weighted by Gasteiger charge is 2.14. The quantitative estimate of drug-likeness (QED) is 0.812. The molecule has 18 heavy (non-hydrogen) atoms. The normalized spacial score (nSPS) is 9.78. The fourth-order valence-electron chi connectivity index (χ4n) is 1.66. The third-order valence-electron chi connectivity index (χ3n) is 2.54. The first-order valence-electron chi connectivity index (χ1n) is 5.27. The van der Waals surface area contributed by atoms with Gasteiger partial charge in [0.05, 0.1) is 11.1 Å². The zero-order valence-corrected chi connectivity index (χ0v) is 10.5. The number of nitriles is 1. The Hall–Kier alpha value is -2.32. The number of hydrogen-bond donors (Lipinski definition) is 2. The number of nitrogens with two attached hydrogens (primary N) is 1. The number of nitrogens with zero attached hydrogens (tertiary/aromatic N) is 1. The number of benzene rings is 1. The van der Waals surface area contributed by atoms with Gasteiger partial charge < -0.3 is 11.1 Å². The van der Waals surface area contributed by atoms with E-state index < -0.39 is 0 Å². The first-order valence-corrected chi connectivity index (χ1v) is 6.15. The number of thiophene rings is 1. The molecule has 1 aromatic heterocycles. The van der Waals surface area contributed by atoms with Gasteiger partial charge in [0.1, 0.15) is 11.1 Å². The molecule has 0 aliphatic heterocycles. The largest absolute Gasteiger partial charge is 0.398 e. The van der Waals surface area contributed by atoms with Gasteiger partial charge in [0.15, 0.2) is 0 Å². The predicted octanol–water partition coefficient (Wildman–Crippen LogP) is 2.76. The van der Waals surface area contributed by atoms with Crippen LogP contribution in [0, 0.1) is 18.3 Å². The molecule has 2 aromatic rings. The lowest BCUT2D eigenvalue weighted by atomic mass is 10.1. The molecule has 0 radical (unpaired) electrons. The second kappa shape index (κ2) is 4.90. The van der Waals surface area contributed by atoms with Crippen molar-refractivity contribution in [2.45, 2.75) is 6.92 Å². The highest BCUT2D eigenvalue weighted by Crippen LogP contribution is 2.24. The number of anilines is 2. The van der Waals surface area contributed by atoms with Crippen LogP contribution in [0.4, 0.5) is 10.7 Å². The van der Waals surface area contributed by atoms with Crippen molar-refractivity contribution in [1.29, 1.82) is 5.26 Å². The summed E-state index contributed by atoms with van der Waals surface area (Å²) in [7, 11) is 0. The average molecular weight is 257 g/mol. The second-order valence-corrected chi connectivity index (χ2v) is 4.68. The van der Waals surface area contributed by atoms with Gasteiger partial charge in [-0.05, 0) is 30.0 Å². The fraction of sp³-hybridized carbons (Fsp3) is 0.0769. The maximum Gasteiger partial charge on any atom is 0.258 e. The monoisotopic (exact) mass is 257 g/mol. The van der Waals surface area contributed by atoms with Crippen LogP contribution in [0.25, 0.3) is 0 Å². The molecule has 3 N–H and O–H groups in total. The van der Waals surface area contributed by atoms with Crippen molar-refractivity contribution in [2.75, 3.05) is 11.1 Å². The molecular formula is C13H11N3OS. The SMILES string of the molecule is Cc1cccc(N)c1C(=O)Nc1sccc1C#N. The maximum absolute atomic E-state index is 12.1. The molecule has 0 unspecified atom stereocenters. The van der Waals surface area contributed by atoms with Gasteiger partial charge in [0, 0.05) is 5.69 Å². The Morgan fingerprint density at radius 2 is 2.22 bits per heavy atom. The van der Waals surface area contributed by atoms with Crippen LogP contribution in [-0.4, -0.2) is 5.91 Å². The molecule has 2 rings (SSSR count). The summed E-state index contributed by atoms with van der Waals surface area (Å²) in [5, 5.41) is 13.9. The average Bonchev–Trinajstić information content (AvgIpc) is 2.76. The van der Waals surface area contributed by atoms with Crippen molar-refractivity contribution in [1.82, 2.24) is 0 Å². The van der Waals surface area contributed by atoms with E-state index in [2.05, 4.69) is 5.32 Å². The van der Waals surface area contributed by atoms with Crippen LogP contribution in [-0.2, 0) is 0 Å². The number of nitrogens with one attached hydrogen (secondary N) is 1. The Morgan fingerprint density at radius 3 is 2.89 bits per heavy atom. The van der Waals surface area contributed by atoms with Gasteiger partial charge in [0.2, 0.25) is 0 Å². The molecule has 1 amide bonds. The summed E-state index contributed by atoms with van der Waals surface area (Å²) in [5.74, 6) is -0.287. The van der Waals surface area contributed by atoms with Crippen LogP contribution < -0.4 is 11.1 Å². The summed E-state index contributed by atoms with van der Waals surface area (Å²) in [5.41, 5.74) is 7.95. The zero-order valence-electron chi connectivity index (χ0n) is 9.73. The topological polar surface area (TPSA) is 78.9 Å². The number of hydrogen-bond acceptors (Lipinski definition) is 4. The summed E-state index contributed by atoms with van der Waals surface area (Å²) in [6.45, 7) is 1.82. The van der Waals surface area contributed by atoms with Gasteiger partial charge in [0.25, 0.3) is 5.91 Å². The molecule has 0 fully saturated rings. The zero-order chi connectivity index (χ0) is 13.1. The van der Waals surface area contributed by atoms with Gasteiger partial charge in [-0.2, -0.15) is 5.26 Å². The van der Waals surface area contributed by atoms with Crippen molar-refractivity contribution in [2.24, 2.45) is 0 Å². The molecule has 0 saturated carbocycles. The Kier molecular flexibility index (Phi) is 3.31. The van der Waals surface area contributed by atoms with Crippen LogP contribution >= 0.6 is 11.3 Å². The minimum Gasteiger partial charge on any atom is -0.398 e. The highest BCUT2D eigenvalue weighted by molar-refractivity contribution is 7.14. The van der Waals surface area contributed by atoms with Crippen LogP contribution in [0.3, 0.4) is 0 Å². The van der Waals surface area contributed by atoms with E-state index in [-0.39, 0.29) is 5.91 Å². The summed E-state index contributed by atoms with van der Waals surface area (Å²) < 4.78 is 0. The van der Waals surface area contributed by atoms with Crippen molar-refractivity contribution in [3.63, 3.8) is 0 Å². The van der Waals surface area contributed by atoms with E-state index in [0.29, 0.717) is 21.8 Å². The molecular weight excluding hydrogens is 246 g/mol.